The molecule has 2 aromatic rings. The van der Waals surface area contributed by atoms with Crippen molar-refractivity contribution in [3.05, 3.63) is 29.7 Å². The zero-order valence-electron chi connectivity index (χ0n) is 10.5. The van der Waals surface area contributed by atoms with Crippen LogP contribution < -0.4 is 4.72 Å². The van der Waals surface area contributed by atoms with Crippen LogP contribution in [0.4, 0.5) is 0 Å². The van der Waals surface area contributed by atoms with E-state index < -0.39 is 10.2 Å². The maximum Gasteiger partial charge on any atom is 0.279 e. The van der Waals surface area contributed by atoms with E-state index in [2.05, 4.69) is 9.71 Å². The van der Waals surface area contributed by atoms with Crippen LogP contribution in [0.1, 0.15) is 11.5 Å². The highest BCUT2D eigenvalue weighted by Gasteiger charge is 2.15. The lowest BCUT2D eigenvalue weighted by atomic mass is 10.2. The van der Waals surface area contributed by atoms with Crippen LogP contribution in [0.3, 0.4) is 0 Å². The molecule has 0 aliphatic carbocycles. The molecule has 1 heterocycles. The molecular formula is C11H15N3O3S. The van der Waals surface area contributed by atoms with Gasteiger partial charge in [0, 0.05) is 14.1 Å². The van der Waals surface area contributed by atoms with E-state index in [0.717, 1.165) is 15.4 Å². The highest BCUT2D eigenvalue weighted by molar-refractivity contribution is 7.87. The first-order chi connectivity index (χ1) is 8.40. The number of benzene rings is 1. The number of nitrogens with one attached hydrogen (secondary N) is 1. The average molecular weight is 269 g/mol. The molecular weight excluding hydrogens is 254 g/mol. The summed E-state index contributed by atoms with van der Waals surface area (Å²) in [6, 6.07) is 5.61. The number of hydrogen-bond acceptors (Lipinski definition) is 4. The summed E-state index contributed by atoms with van der Waals surface area (Å²) in [5.74, 6) is 0.352. The summed E-state index contributed by atoms with van der Waals surface area (Å²) in [6.07, 6.45) is 0. The smallest absolute Gasteiger partial charge is 0.279 e. The molecule has 0 radical (unpaired) electrons. The Labute approximate surface area is 106 Å². The van der Waals surface area contributed by atoms with Crippen LogP contribution in [0.2, 0.25) is 0 Å². The Balaban J connectivity index is 2.21. The van der Waals surface area contributed by atoms with Crippen LogP contribution >= 0.6 is 0 Å². The van der Waals surface area contributed by atoms with E-state index in [9.17, 15) is 8.42 Å². The lowest BCUT2D eigenvalue weighted by Gasteiger charge is -2.10. The molecule has 98 valence electrons. The fourth-order valence-corrected chi connectivity index (χ4v) is 2.05. The van der Waals surface area contributed by atoms with Gasteiger partial charge in [0.05, 0.1) is 6.54 Å². The number of aryl methyl sites for hydroxylation is 1. The maximum atomic E-state index is 11.5. The number of hydrogen-bond donors (Lipinski definition) is 1. The average Bonchev–Trinajstić information content (AvgIpc) is 2.71. The van der Waals surface area contributed by atoms with Crippen molar-refractivity contribution in [1.29, 1.82) is 0 Å². The first-order valence-corrected chi connectivity index (χ1v) is 6.86. The lowest BCUT2D eigenvalue weighted by Crippen LogP contribution is -2.35. The zero-order chi connectivity index (χ0) is 13.3. The molecule has 0 spiro atoms. The van der Waals surface area contributed by atoms with E-state index in [1.54, 1.807) is 6.07 Å². The first-order valence-electron chi connectivity index (χ1n) is 5.42. The molecule has 0 amide bonds. The van der Waals surface area contributed by atoms with Crippen molar-refractivity contribution in [1.82, 2.24) is 14.0 Å². The Morgan fingerprint density at radius 1 is 1.39 bits per heavy atom. The monoisotopic (exact) mass is 269 g/mol. The number of aromatic nitrogens is 1. The first kappa shape index (κ1) is 13.0. The van der Waals surface area contributed by atoms with Gasteiger partial charge in [0.25, 0.3) is 10.2 Å². The van der Waals surface area contributed by atoms with Gasteiger partial charge in [-0.25, -0.2) is 4.98 Å². The van der Waals surface area contributed by atoms with E-state index in [1.807, 2.05) is 19.1 Å². The second kappa shape index (κ2) is 4.68. The second-order valence-electron chi connectivity index (χ2n) is 4.14. The zero-order valence-corrected chi connectivity index (χ0v) is 11.3. The quantitative estimate of drug-likeness (QED) is 0.899. The normalized spacial score (nSPS) is 12.4. The SMILES string of the molecule is Cc1cccc2oc(CNS(=O)(=O)N(C)C)nc12. The summed E-state index contributed by atoms with van der Waals surface area (Å²) < 4.78 is 32.0. The molecule has 7 heteroatoms. The molecule has 6 nitrogen and oxygen atoms in total. The van der Waals surface area contributed by atoms with Gasteiger partial charge in [-0.1, -0.05) is 12.1 Å². The van der Waals surface area contributed by atoms with E-state index in [1.165, 1.54) is 14.1 Å². The molecule has 0 bridgehead atoms. The van der Waals surface area contributed by atoms with E-state index in [4.69, 9.17) is 4.42 Å². The number of para-hydroxylation sites is 1. The molecule has 0 unspecified atom stereocenters. The van der Waals surface area contributed by atoms with Crippen molar-refractivity contribution in [2.24, 2.45) is 0 Å². The van der Waals surface area contributed by atoms with Crippen molar-refractivity contribution in [3.63, 3.8) is 0 Å². The van der Waals surface area contributed by atoms with E-state index in [0.29, 0.717) is 11.5 Å². The minimum Gasteiger partial charge on any atom is -0.439 e. The molecule has 1 aromatic carbocycles. The Hall–Kier alpha value is -1.44. The van der Waals surface area contributed by atoms with Crippen LogP contribution in [0, 0.1) is 6.92 Å². The van der Waals surface area contributed by atoms with Crippen molar-refractivity contribution in [3.8, 4) is 0 Å². The summed E-state index contributed by atoms with van der Waals surface area (Å²) in [6.45, 7) is 1.97. The molecule has 1 N–H and O–H groups in total. The van der Waals surface area contributed by atoms with Gasteiger partial charge in [0.1, 0.15) is 5.52 Å². The van der Waals surface area contributed by atoms with Crippen molar-refractivity contribution in [2.45, 2.75) is 13.5 Å². The van der Waals surface area contributed by atoms with Gasteiger partial charge in [-0.05, 0) is 18.6 Å². The van der Waals surface area contributed by atoms with Crippen molar-refractivity contribution < 1.29 is 12.8 Å². The van der Waals surface area contributed by atoms with Crippen LogP contribution in [-0.4, -0.2) is 31.8 Å². The topological polar surface area (TPSA) is 75.4 Å². The fourth-order valence-electron chi connectivity index (χ4n) is 1.49. The maximum absolute atomic E-state index is 11.5. The molecule has 0 saturated heterocycles. The molecule has 1 aromatic heterocycles. The molecule has 0 saturated carbocycles. The van der Waals surface area contributed by atoms with Gasteiger partial charge in [0.15, 0.2) is 5.58 Å². The number of oxazole rings is 1. The molecule has 0 aliphatic heterocycles. The number of fused-ring (bicyclic) bond motifs is 1. The lowest BCUT2D eigenvalue weighted by molar-refractivity contribution is 0.483. The minimum absolute atomic E-state index is 0.0363. The molecule has 18 heavy (non-hydrogen) atoms. The molecule has 0 fully saturated rings. The highest BCUT2D eigenvalue weighted by Crippen LogP contribution is 2.18. The summed E-state index contributed by atoms with van der Waals surface area (Å²) in [5.41, 5.74) is 2.42. The largest absolute Gasteiger partial charge is 0.439 e. The Morgan fingerprint density at radius 3 is 2.72 bits per heavy atom. The number of rotatable bonds is 4. The summed E-state index contributed by atoms with van der Waals surface area (Å²) in [7, 11) is -0.547. The minimum atomic E-state index is -3.46. The summed E-state index contributed by atoms with van der Waals surface area (Å²) in [4.78, 5) is 4.26. The molecule has 0 aliphatic rings. The summed E-state index contributed by atoms with van der Waals surface area (Å²) >= 11 is 0. The highest BCUT2D eigenvalue weighted by atomic mass is 32.2. The van der Waals surface area contributed by atoms with Crippen molar-refractivity contribution in [2.75, 3.05) is 14.1 Å². The van der Waals surface area contributed by atoms with Crippen LogP contribution in [0.15, 0.2) is 22.6 Å². The van der Waals surface area contributed by atoms with E-state index >= 15 is 0 Å². The predicted molar refractivity (Wildman–Crippen MR) is 68.2 cm³/mol. The van der Waals surface area contributed by atoms with Gasteiger partial charge in [-0.15, -0.1) is 0 Å². The Kier molecular flexibility index (Phi) is 3.38. The Morgan fingerprint density at radius 2 is 2.11 bits per heavy atom. The third-order valence-corrected chi connectivity index (χ3v) is 4.02. The molecule has 0 atom stereocenters. The van der Waals surface area contributed by atoms with Gasteiger partial charge in [-0.3, -0.25) is 0 Å². The summed E-state index contributed by atoms with van der Waals surface area (Å²) in [5, 5.41) is 0. The second-order valence-corrected chi connectivity index (χ2v) is 6.11. The van der Waals surface area contributed by atoms with E-state index in [-0.39, 0.29) is 6.54 Å². The Bertz CT molecular complexity index is 661. The third-order valence-electron chi connectivity index (χ3n) is 2.55. The predicted octanol–water partition coefficient (Wildman–Crippen LogP) is 1.03. The third kappa shape index (κ3) is 2.53. The van der Waals surface area contributed by atoms with Gasteiger partial charge >= 0.3 is 0 Å². The number of nitrogens with zero attached hydrogens (tertiary/aromatic N) is 2. The van der Waals surface area contributed by atoms with Gasteiger partial charge in [-0.2, -0.15) is 17.4 Å². The van der Waals surface area contributed by atoms with Crippen LogP contribution in [0.25, 0.3) is 11.1 Å². The van der Waals surface area contributed by atoms with Crippen molar-refractivity contribution >= 4 is 21.3 Å². The fraction of sp³-hybridized carbons (Fsp3) is 0.364. The van der Waals surface area contributed by atoms with Gasteiger partial charge < -0.3 is 4.42 Å². The molecule has 2 rings (SSSR count). The van der Waals surface area contributed by atoms with Gasteiger partial charge in [0.2, 0.25) is 5.89 Å². The van der Waals surface area contributed by atoms with Crippen LogP contribution in [-0.2, 0) is 16.8 Å². The standard InChI is InChI=1S/C11H15N3O3S/c1-8-5-4-6-9-11(8)13-10(17-9)7-12-18(15,16)14(2)3/h4-6,12H,7H2,1-3H3. The van der Waals surface area contributed by atoms with Crippen LogP contribution in [0.5, 0.6) is 0 Å².